The number of nitrogens with two attached hydrogens (primary N) is 1. The third-order valence-electron chi connectivity index (χ3n) is 5.86. The van der Waals surface area contributed by atoms with Crippen LogP contribution in [0.5, 0.6) is 0 Å². The van der Waals surface area contributed by atoms with Gasteiger partial charge in [0, 0.05) is 41.4 Å². The van der Waals surface area contributed by atoms with Gasteiger partial charge in [0.1, 0.15) is 0 Å². The number of likely N-dealkylation sites (N-methyl/N-ethyl adjacent to an activating group) is 1. The molecule has 0 radical (unpaired) electrons. The van der Waals surface area contributed by atoms with Gasteiger partial charge in [0.2, 0.25) is 0 Å². The van der Waals surface area contributed by atoms with Gasteiger partial charge in [-0.05, 0) is 61.3 Å². The fourth-order valence-corrected chi connectivity index (χ4v) is 4.07. The van der Waals surface area contributed by atoms with Gasteiger partial charge in [0.15, 0.2) is 0 Å². The molecule has 5 nitrogen and oxygen atoms in total. The van der Waals surface area contributed by atoms with E-state index < -0.39 is 0 Å². The second-order valence-corrected chi connectivity index (χ2v) is 8.19. The molecule has 5 heteroatoms. The molecule has 4 N–H and O–H groups in total. The second kappa shape index (κ2) is 9.71. The zero-order valence-corrected chi connectivity index (χ0v) is 18.7. The summed E-state index contributed by atoms with van der Waals surface area (Å²) in [5, 5.41) is 6.28. The lowest BCUT2D eigenvalue weighted by atomic mass is 10.0. The Balaban J connectivity index is 1.41. The lowest BCUT2D eigenvalue weighted by Crippen LogP contribution is -2.25. The third-order valence-corrected chi connectivity index (χ3v) is 5.86. The predicted molar refractivity (Wildman–Crippen MR) is 133 cm³/mol. The Morgan fingerprint density at radius 3 is 2.47 bits per heavy atom. The number of carbonyl (C=O) groups is 1. The summed E-state index contributed by atoms with van der Waals surface area (Å²) < 4.78 is 0. The summed E-state index contributed by atoms with van der Waals surface area (Å²) in [4.78, 5) is 14.9. The highest BCUT2D eigenvalue weighted by atomic mass is 16.2. The molecule has 1 aliphatic heterocycles. The lowest BCUT2D eigenvalue weighted by Gasteiger charge is -2.21. The number of anilines is 3. The Bertz CT molecular complexity index is 1120. The molecule has 164 valence electrons. The van der Waals surface area contributed by atoms with Crippen molar-refractivity contribution in [2.75, 3.05) is 29.5 Å². The average Bonchev–Trinajstić information content (AvgIpc) is 3.13. The number of amides is 1. The summed E-state index contributed by atoms with van der Waals surface area (Å²) in [6.07, 6.45) is 1.05. The number of nitrogens with one attached hydrogen (secondary N) is 2. The van der Waals surface area contributed by atoms with Gasteiger partial charge in [-0.25, -0.2) is 0 Å². The van der Waals surface area contributed by atoms with E-state index in [-0.39, 0.29) is 5.91 Å². The Kier molecular flexibility index (Phi) is 6.57. The van der Waals surface area contributed by atoms with Crippen molar-refractivity contribution in [3.8, 4) is 0 Å². The van der Waals surface area contributed by atoms with Crippen LogP contribution in [0.25, 0.3) is 5.57 Å². The van der Waals surface area contributed by atoms with E-state index in [1.54, 1.807) is 6.07 Å². The van der Waals surface area contributed by atoms with Crippen LogP contribution in [0.2, 0.25) is 0 Å². The van der Waals surface area contributed by atoms with Crippen LogP contribution in [0, 0.1) is 0 Å². The summed E-state index contributed by atoms with van der Waals surface area (Å²) >= 11 is 0. The number of benzene rings is 3. The predicted octanol–water partition coefficient (Wildman–Crippen LogP) is 5.13. The molecule has 32 heavy (non-hydrogen) atoms. The molecule has 0 spiro atoms. The van der Waals surface area contributed by atoms with E-state index in [4.69, 9.17) is 5.73 Å². The second-order valence-electron chi connectivity index (χ2n) is 8.19. The van der Waals surface area contributed by atoms with Crippen LogP contribution in [0.15, 0.2) is 78.5 Å². The largest absolute Gasteiger partial charge is 0.399 e. The summed E-state index contributed by atoms with van der Waals surface area (Å²) in [6.45, 7) is 7.08. The molecule has 0 fully saturated rings. The molecular formula is C27H30N4O. The molecule has 0 unspecified atom stereocenters. The van der Waals surface area contributed by atoms with E-state index in [9.17, 15) is 4.79 Å². The maximum absolute atomic E-state index is 12.5. The normalized spacial score (nSPS) is 14.3. The smallest absolute Gasteiger partial charge is 0.258 e. The molecule has 0 aliphatic carbocycles. The minimum Gasteiger partial charge on any atom is -0.399 e. The Morgan fingerprint density at radius 1 is 1.00 bits per heavy atom. The first-order valence-electron chi connectivity index (χ1n) is 11.1. The first-order valence-corrected chi connectivity index (χ1v) is 11.1. The molecule has 0 bridgehead atoms. The van der Waals surface area contributed by atoms with Gasteiger partial charge in [-0.15, -0.1) is 0 Å². The number of nitrogens with zero attached hydrogens (tertiary/aromatic N) is 1. The van der Waals surface area contributed by atoms with Crippen molar-refractivity contribution in [3.63, 3.8) is 0 Å². The molecule has 0 saturated heterocycles. The number of nitrogen functional groups attached to an aromatic ring is 1. The highest BCUT2D eigenvalue weighted by molar-refractivity contribution is 6.32. The minimum atomic E-state index is -0.107. The van der Waals surface area contributed by atoms with Gasteiger partial charge >= 0.3 is 0 Å². The topological polar surface area (TPSA) is 70.4 Å². The number of carbonyl (C=O) groups excluding carboxylic acids is 1. The maximum Gasteiger partial charge on any atom is 0.258 e. The Labute approximate surface area is 189 Å². The van der Waals surface area contributed by atoms with E-state index in [0.29, 0.717) is 11.3 Å². The standard InChI is InChI=1S/C27H30N4O/c1-3-31(16-15-20-7-5-4-6-8-20)18-21-9-12-23(13-10-21)29-19(2)26-24-17-22(28)11-14-25(24)30-27(26)32/h4-14,17,29H,3,15-16,18,28H2,1-2H3,(H,30,32). The van der Waals surface area contributed by atoms with E-state index in [1.807, 2.05) is 19.1 Å². The Morgan fingerprint density at radius 2 is 1.75 bits per heavy atom. The molecule has 3 aromatic carbocycles. The molecular weight excluding hydrogens is 396 g/mol. The Hall–Kier alpha value is -3.57. The fraction of sp³-hybridized carbons (Fsp3) is 0.222. The number of hydrogen-bond donors (Lipinski definition) is 3. The van der Waals surface area contributed by atoms with Crippen LogP contribution in [0.3, 0.4) is 0 Å². The quantitative estimate of drug-likeness (QED) is 0.345. The number of allylic oxidation sites excluding steroid dienone is 1. The lowest BCUT2D eigenvalue weighted by molar-refractivity contribution is -0.110. The summed E-state index contributed by atoms with van der Waals surface area (Å²) in [7, 11) is 0. The minimum absolute atomic E-state index is 0.107. The monoisotopic (exact) mass is 426 g/mol. The number of rotatable bonds is 8. The molecule has 3 aromatic rings. The van der Waals surface area contributed by atoms with Gasteiger partial charge in [-0.2, -0.15) is 0 Å². The molecule has 0 saturated carbocycles. The van der Waals surface area contributed by atoms with Crippen LogP contribution in [-0.4, -0.2) is 23.9 Å². The van der Waals surface area contributed by atoms with Crippen LogP contribution >= 0.6 is 0 Å². The number of hydrogen-bond acceptors (Lipinski definition) is 4. The fourth-order valence-electron chi connectivity index (χ4n) is 4.07. The van der Waals surface area contributed by atoms with Crippen molar-refractivity contribution in [3.05, 3.63) is 95.2 Å². The van der Waals surface area contributed by atoms with Gasteiger partial charge in [0.05, 0.1) is 5.57 Å². The van der Waals surface area contributed by atoms with E-state index in [1.165, 1.54) is 11.1 Å². The van der Waals surface area contributed by atoms with Crippen molar-refractivity contribution >= 4 is 28.5 Å². The van der Waals surface area contributed by atoms with E-state index >= 15 is 0 Å². The highest BCUT2D eigenvalue weighted by Crippen LogP contribution is 2.35. The van der Waals surface area contributed by atoms with Gasteiger partial charge < -0.3 is 16.4 Å². The molecule has 1 amide bonds. The van der Waals surface area contributed by atoms with Crippen LogP contribution < -0.4 is 16.4 Å². The van der Waals surface area contributed by atoms with Crippen LogP contribution in [-0.2, 0) is 17.8 Å². The number of fused-ring (bicyclic) bond motifs is 1. The zero-order chi connectivity index (χ0) is 22.5. The summed E-state index contributed by atoms with van der Waals surface area (Å²) in [5.74, 6) is -0.107. The SMILES string of the molecule is CCN(CCc1ccccc1)Cc1ccc(NC(C)=C2C(=O)Nc3ccc(N)cc32)cc1. The van der Waals surface area contributed by atoms with Crippen molar-refractivity contribution in [1.29, 1.82) is 0 Å². The van der Waals surface area contributed by atoms with Gasteiger partial charge in [-0.1, -0.05) is 49.4 Å². The van der Waals surface area contributed by atoms with Crippen LogP contribution in [0.1, 0.15) is 30.5 Å². The highest BCUT2D eigenvalue weighted by Gasteiger charge is 2.26. The maximum atomic E-state index is 12.5. The zero-order valence-electron chi connectivity index (χ0n) is 18.7. The van der Waals surface area contributed by atoms with Crippen molar-refractivity contribution < 1.29 is 4.79 Å². The molecule has 4 rings (SSSR count). The third kappa shape index (κ3) is 5.01. The van der Waals surface area contributed by atoms with E-state index in [2.05, 4.69) is 77.1 Å². The van der Waals surface area contributed by atoms with Crippen molar-refractivity contribution in [2.45, 2.75) is 26.8 Å². The van der Waals surface area contributed by atoms with Gasteiger partial charge in [0.25, 0.3) is 5.91 Å². The first-order chi connectivity index (χ1) is 15.5. The molecule has 0 atom stereocenters. The van der Waals surface area contributed by atoms with Crippen LogP contribution in [0.4, 0.5) is 17.1 Å². The first kappa shape index (κ1) is 21.7. The average molecular weight is 427 g/mol. The molecule has 1 heterocycles. The van der Waals surface area contributed by atoms with Crippen molar-refractivity contribution in [1.82, 2.24) is 4.90 Å². The van der Waals surface area contributed by atoms with Gasteiger partial charge in [-0.3, -0.25) is 9.69 Å². The molecule has 1 aliphatic rings. The molecule has 0 aromatic heterocycles. The van der Waals surface area contributed by atoms with Crippen molar-refractivity contribution in [2.24, 2.45) is 0 Å². The summed E-state index contributed by atoms with van der Waals surface area (Å²) in [5.41, 5.74) is 13.2. The van der Waals surface area contributed by atoms with E-state index in [0.717, 1.165) is 48.7 Å². The summed E-state index contributed by atoms with van der Waals surface area (Å²) in [6, 6.07) is 24.5.